The van der Waals surface area contributed by atoms with Gasteiger partial charge in [0.2, 0.25) is 0 Å². The second kappa shape index (κ2) is 1.90. The highest BCUT2D eigenvalue weighted by Crippen LogP contribution is 2.03. The Morgan fingerprint density at radius 2 is 2.50 bits per heavy atom. The first-order chi connectivity index (χ1) is 4.88. The maximum Gasteiger partial charge on any atom is 0.102 e. The fraction of sp³-hybridized carbons (Fsp3) is 0.500. The van der Waals surface area contributed by atoms with E-state index in [0.29, 0.717) is 0 Å². The van der Waals surface area contributed by atoms with Crippen LogP contribution in [0, 0.1) is 0 Å². The fourth-order valence-corrected chi connectivity index (χ4v) is 1.10. The third-order valence-electron chi connectivity index (χ3n) is 1.65. The van der Waals surface area contributed by atoms with Crippen LogP contribution in [0.25, 0.3) is 0 Å². The third kappa shape index (κ3) is 0.650. The van der Waals surface area contributed by atoms with E-state index in [-0.39, 0.29) is 0 Å². The lowest BCUT2D eigenvalue weighted by atomic mass is 10.3. The molecule has 1 aliphatic heterocycles. The minimum atomic E-state index is 0.836. The van der Waals surface area contributed by atoms with Crippen LogP contribution in [0.1, 0.15) is 12.6 Å². The van der Waals surface area contributed by atoms with Crippen molar-refractivity contribution in [2.45, 2.75) is 13.5 Å². The summed E-state index contributed by atoms with van der Waals surface area (Å²) in [6.45, 7) is 3.68. The smallest absolute Gasteiger partial charge is 0.102 e. The van der Waals surface area contributed by atoms with Gasteiger partial charge in [-0.15, -0.1) is 5.10 Å². The quantitative estimate of drug-likeness (QED) is 0.507. The van der Waals surface area contributed by atoms with Crippen LogP contribution in [0.15, 0.2) is 11.2 Å². The van der Waals surface area contributed by atoms with Crippen LogP contribution < -0.4 is 0 Å². The summed E-state index contributed by atoms with van der Waals surface area (Å²) in [5.41, 5.74) is 2.09. The van der Waals surface area contributed by atoms with Gasteiger partial charge in [0.25, 0.3) is 0 Å². The van der Waals surface area contributed by atoms with Crippen molar-refractivity contribution in [2.75, 3.05) is 6.54 Å². The molecule has 0 spiro atoms. The van der Waals surface area contributed by atoms with Crippen LogP contribution in [-0.4, -0.2) is 27.3 Å². The second-order valence-corrected chi connectivity index (χ2v) is 2.31. The zero-order valence-electron chi connectivity index (χ0n) is 5.78. The van der Waals surface area contributed by atoms with Crippen molar-refractivity contribution < 1.29 is 0 Å². The van der Waals surface area contributed by atoms with Crippen molar-refractivity contribution >= 4 is 5.71 Å². The zero-order valence-corrected chi connectivity index (χ0v) is 5.78. The van der Waals surface area contributed by atoms with E-state index in [2.05, 4.69) is 15.3 Å². The van der Waals surface area contributed by atoms with Crippen LogP contribution in [-0.2, 0) is 6.54 Å². The minimum absolute atomic E-state index is 0.836. The molecule has 0 aliphatic carbocycles. The van der Waals surface area contributed by atoms with Gasteiger partial charge < -0.3 is 0 Å². The Bertz CT molecular complexity index is 273. The lowest BCUT2D eigenvalue weighted by Gasteiger charge is -2.08. The maximum absolute atomic E-state index is 4.26. The molecule has 0 aromatic carbocycles. The van der Waals surface area contributed by atoms with E-state index < -0.39 is 0 Å². The Morgan fingerprint density at radius 3 is 3.30 bits per heavy atom. The molecule has 4 heteroatoms. The monoisotopic (exact) mass is 136 g/mol. The van der Waals surface area contributed by atoms with E-state index >= 15 is 0 Å². The molecule has 2 rings (SSSR count). The summed E-state index contributed by atoms with van der Waals surface area (Å²) in [5, 5.41) is 7.68. The molecule has 52 valence electrons. The molecule has 4 nitrogen and oxygen atoms in total. The summed E-state index contributed by atoms with van der Waals surface area (Å²) < 4.78 is 1.88. The number of hydrogen-bond donors (Lipinski definition) is 0. The summed E-state index contributed by atoms with van der Waals surface area (Å²) in [6.07, 6.45) is 1.75. The maximum atomic E-state index is 4.26. The lowest BCUT2D eigenvalue weighted by Crippen LogP contribution is -2.16. The molecule has 0 unspecified atom stereocenters. The van der Waals surface area contributed by atoms with Crippen LogP contribution in [0.3, 0.4) is 0 Å². The molecular weight excluding hydrogens is 128 g/mol. The van der Waals surface area contributed by atoms with E-state index in [4.69, 9.17) is 0 Å². The Balaban J connectivity index is 2.55. The Kier molecular flexibility index (Phi) is 1.06. The van der Waals surface area contributed by atoms with Crippen molar-refractivity contribution in [3.8, 4) is 0 Å². The molecule has 0 N–H and O–H groups in total. The molecule has 0 bridgehead atoms. The first-order valence-corrected chi connectivity index (χ1v) is 3.28. The van der Waals surface area contributed by atoms with E-state index in [1.54, 1.807) is 6.20 Å². The molecule has 1 aromatic rings. The van der Waals surface area contributed by atoms with E-state index in [0.717, 1.165) is 24.5 Å². The summed E-state index contributed by atoms with van der Waals surface area (Å²) in [4.78, 5) is 4.26. The Hall–Kier alpha value is -1.19. The number of fused-ring (bicyclic) bond motifs is 1. The minimum Gasteiger partial charge on any atom is -0.286 e. The number of aliphatic imine (C=N–C) groups is 1. The van der Waals surface area contributed by atoms with Gasteiger partial charge in [0.15, 0.2) is 0 Å². The van der Waals surface area contributed by atoms with Crippen LogP contribution in [0.2, 0.25) is 0 Å². The average Bonchev–Trinajstić information content (AvgIpc) is 2.36. The molecule has 0 atom stereocenters. The average molecular weight is 136 g/mol. The SMILES string of the molecule is CC1=NCCn2nncc21. The Morgan fingerprint density at radius 1 is 1.60 bits per heavy atom. The highest BCUT2D eigenvalue weighted by molar-refractivity contribution is 5.97. The van der Waals surface area contributed by atoms with Gasteiger partial charge in [0.1, 0.15) is 5.69 Å². The molecule has 0 radical (unpaired) electrons. The first kappa shape index (κ1) is 5.58. The molecular formula is C6H8N4. The molecule has 1 aliphatic rings. The van der Waals surface area contributed by atoms with Crippen molar-refractivity contribution in [3.63, 3.8) is 0 Å². The molecule has 0 saturated heterocycles. The number of aromatic nitrogens is 3. The molecule has 10 heavy (non-hydrogen) atoms. The third-order valence-corrected chi connectivity index (χ3v) is 1.65. The predicted molar refractivity (Wildman–Crippen MR) is 37.1 cm³/mol. The molecule has 1 aromatic heterocycles. The van der Waals surface area contributed by atoms with Crippen LogP contribution in [0.4, 0.5) is 0 Å². The van der Waals surface area contributed by atoms with Gasteiger partial charge in [-0.3, -0.25) is 4.99 Å². The van der Waals surface area contributed by atoms with Gasteiger partial charge in [-0.05, 0) is 6.92 Å². The number of hydrogen-bond acceptors (Lipinski definition) is 3. The standard InChI is InChI=1S/C6H8N4/c1-5-6-4-8-9-10(6)3-2-7-5/h4H,2-3H2,1H3. The summed E-state index contributed by atoms with van der Waals surface area (Å²) >= 11 is 0. The van der Waals surface area contributed by atoms with Crippen LogP contribution >= 0.6 is 0 Å². The summed E-state index contributed by atoms with van der Waals surface area (Å²) in [6, 6.07) is 0. The van der Waals surface area contributed by atoms with Crippen molar-refractivity contribution in [2.24, 2.45) is 4.99 Å². The fourth-order valence-electron chi connectivity index (χ4n) is 1.10. The number of nitrogens with zero attached hydrogens (tertiary/aromatic N) is 4. The van der Waals surface area contributed by atoms with Gasteiger partial charge >= 0.3 is 0 Å². The highest BCUT2D eigenvalue weighted by atomic mass is 15.4. The second-order valence-electron chi connectivity index (χ2n) is 2.31. The summed E-state index contributed by atoms with van der Waals surface area (Å²) in [5.74, 6) is 0. The van der Waals surface area contributed by atoms with E-state index in [9.17, 15) is 0 Å². The predicted octanol–water partition coefficient (Wildman–Crippen LogP) is 0.101. The lowest BCUT2D eigenvalue weighted by molar-refractivity contribution is 0.583. The molecule has 0 amide bonds. The Labute approximate surface area is 58.6 Å². The summed E-state index contributed by atoms with van der Waals surface area (Å²) in [7, 11) is 0. The number of rotatable bonds is 0. The molecule has 0 saturated carbocycles. The van der Waals surface area contributed by atoms with Crippen molar-refractivity contribution in [1.29, 1.82) is 0 Å². The zero-order chi connectivity index (χ0) is 6.97. The van der Waals surface area contributed by atoms with Gasteiger partial charge in [-0.25, -0.2) is 4.68 Å². The van der Waals surface area contributed by atoms with Gasteiger partial charge in [0, 0.05) is 0 Å². The van der Waals surface area contributed by atoms with Crippen molar-refractivity contribution in [1.82, 2.24) is 15.0 Å². The first-order valence-electron chi connectivity index (χ1n) is 3.28. The van der Waals surface area contributed by atoms with Gasteiger partial charge in [-0.1, -0.05) is 5.21 Å². The van der Waals surface area contributed by atoms with Crippen molar-refractivity contribution in [3.05, 3.63) is 11.9 Å². The normalized spacial score (nSPS) is 16.3. The molecule has 0 fully saturated rings. The van der Waals surface area contributed by atoms with Crippen LogP contribution in [0.5, 0.6) is 0 Å². The van der Waals surface area contributed by atoms with Gasteiger partial charge in [-0.2, -0.15) is 0 Å². The highest BCUT2D eigenvalue weighted by Gasteiger charge is 2.09. The van der Waals surface area contributed by atoms with E-state index in [1.807, 2.05) is 11.6 Å². The molecule has 2 heterocycles. The van der Waals surface area contributed by atoms with E-state index in [1.165, 1.54) is 0 Å². The largest absolute Gasteiger partial charge is 0.286 e. The topological polar surface area (TPSA) is 43.1 Å². The van der Waals surface area contributed by atoms with Gasteiger partial charge in [0.05, 0.1) is 25.0 Å².